The lowest BCUT2D eigenvalue weighted by Gasteiger charge is -2.35. The number of likely N-dealkylation sites (N-methyl/N-ethyl adjacent to an activating group) is 1. The highest BCUT2D eigenvalue weighted by Crippen LogP contribution is 2.39. The maximum Gasteiger partial charge on any atom is 0.418 e. The number of carbonyl (C=O) groups excluding carboxylic acids is 1. The van der Waals surface area contributed by atoms with Gasteiger partial charge >= 0.3 is 6.18 Å². The van der Waals surface area contributed by atoms with Gasteiger partial charge in [0.15, 0.2) is 11.6 Å². The average molecular weight is 481 g/mol. The lowest BCUT2D eigenvalue weighted by atomic mass is 10.0. The monoisotopic (exact) mass is 481 g/mol. The second-order valence-corrected chi connectivity index (χ2v) is 8.73. The van der Waals surface area contributed by atoms with E-state index in [2.05, 4.69) is 25.5 Å². The van der Waals surface area contributed by atoms with Crippen molar-refractivity contribution in [3.05, 3.63) is 35.8 Å². The van der Waals surface area contributed by atoms with E-state index in [1.807, 2.05) is 7.05 Å². The number of benzene rings is 1. The predicted molar refractivity (Wildman–Crippen MR) is 120 cm³/mol. The van der Waals surface area contributed by atoms with Crippen molar-refractivity contribution in [2.24, 2.45) is 11.7 Å². The first kappa shape index (κ1) is 24.0. The quantitative estimate of drug-likeness (QED) is 0.545. The van der Waals surface area contributed by atoms with E-state index >= 15 is 0 Å². The van der Waals surface area contributed by atoms with Gasteiger partial charge in [-0.25, -0.2) is 9.37 Å². The normalized spacial score (nSPS) is 21.5. The van der Waals surface area contributed by atoms with E-state index in [1.165, 1.54) is 12.1 Å². The smallest absolute Gasteiger partial charge is 0.369 e. The largest absolute Gasteiger partial charge is 0.418 e. The Kier molecular flexibility index (Phi) is 6.78. The molecule has 8 nitrogen and oxygen atoms in total. The molecule has 34 heavy (non-hydrogen) atoms. The van der Waals surface area contributed by atoms with Crippen molar-refractivity contribution in [3.63, 3.8) is 0 Å². The molecule has 4 rings (SSSR count). The van der Waals surface area contributed by atoms with Gasteiger partial charge < -0.3 is 26.2 Å². The Morgan fingerprint density at radius 3 is 2.59 bits per heavy atom. The molecular formula is C22H27F4N7O. The van der Waals surface area contributed by atoms with Gasteiger partial charge in [-0.1, -0.05) is 6.42 Å². The molecule has 1 saturated carbocycles. The van der Waals surface area contributed by atoms with E-state index in [4.69, 9.17) is 5.73 Å². The fourth-order valence-electron chi connectivity index (χ4n) is 4.47. The zero-order valence-electron chi connectivity index (χ0n) is 18.7. The van der Waals surface area contributed by atoms with Crippen molar-refractivity contribution >= 4 is 29.0 Å². The van der Waals surface area contributed by atoms with Crippen LogP contribution in [0.25, 0.3) is 0 Å². The summed E-state index contributed by atoms with van der Waals surface area (Å²) in [5.41, 5.74) is 4.89. The number of piperazine rings is 1. The summed E-state index contributed by atoms with van der Waals surface area (Å²) in [4.78, 5) is 23.3. The van der Waals surface area contributed by atoms with Gasteiger partial charge in [0.05, 0.1) is 17.7 Å². The second kappa shape index (κ2) is 9.61. The molecule has 0 bridgehead atoms. The third kappa shape index (κ3) is 5.32. The second-order valence-electron chi connectivity index (χ2n) is 8.73. The van der Waals surface area contributed by atoms with Crippen LogP contribution < -0.4 is 21.3 Å². The lowest BCUT2D eigenvalue weighted by Crippen LogP contribution is -2.45. The Labute approximate surface area is 194 Å². The van der Waals surface area contributed by atoms with Gasteiger partial charge in [-0.05, 0) is 38.1 Å². The highest BCUT2D eigenvalue weighted by molar-refractivity contribution is 5.78. The molecule has 2 aromatic rings. The summed E-state index contributed by atoms with van der Waals surface area (Å²) in [5.74, 6) is -1.86. The molecule has 1 saturated heterocycles. The molecule has 1 amide bonds. The van der Waals surface area contributed by atoms with Gasteiger partial charge in [0.25, 0.3) is 0 Å². The summed E-state index contributed by atoms with van der Waals surface area (Å²) in [6, 6.07) is 3.58. The van der Waals surface area contributed by atoms with Crippen LogP contribution in [0.1, 0.15) is 24.8 Å². The Morgan fingerprint density at radius 1 is 1.18 bits per heavy atom. The molecule has 2 heterocycles. The number of nitrogens with one attached hydrogen (secondary N) is 2. The average Bonchev–Trinajstić information content (AvgIpc) is 3.25. The number of nitrogens with zero attached hydrogens (tertiary/aromatic N) is 4. The number of primary amides is 1. The first-order valence-corrected chi connectivity index (χ1v) is 11.1. The zero-order valence-corrected chi connectivity index (χ0v) is 18.7. The SMILES string of the molecule is CN1CCN(c2ccc(Nc3ncc(F)c(N[C@@H]4CCC[C@@H]4C(N)=O)n3)cc2C(F)(F)F)CC1. The van der Waals surface area contributed by atoms with Crippen molar-refractivity contribution < 1.29 is 22.4 Å². The molecule has 0 unspecified atom stereocenters. The molecule has 0 radical (unpaired) electrons. The Hall–Kier alpha value is -3.15. The minimum atomic E-state index is -4.56. The van der Waals surface area contributed by atoms with Gasteiger partial charge in [-0.15, -0.1) is 0 Å². The number of hydrogen-bond donors (Lipinski definition) is 3. The van der Waals surface area contributed by atoms with E-state index in [0.29, 0.717) is 39.0 Å². The predicted octanol–water partition coefficient (Wildman–Crippen LogP) is 3.20. The first-order chi connectivity index (χ1) is 16.1. The summed E-state index contributed by atoms with van der Waals surface area (Å²) in [6.45, 7) is 2.34. The molecule has 184 valence electrons. The Balaban J connectivity index is 1.55. The van der Waals surface area contributed by atoms with Gasteiger partial charge in [0, 0.05) is 43.6 Å². The highest BCUT2D eigenvalue weighted by atomic mass is 19.4. The minimum absolute atomic E-state index is 0.0713. The number of carbonyl (C=O) groups is 1. The fourth-order valence-corrected chi connectivity index (χ4v) is 4.47. The third-order valence-electron chi connectivity index (χ3n) is 6.35. The van der Waals surface area contributed by atoms with Crippen molar-refractivity contribution in [2.75, 3.05) is 48.8 Å². The van der Waals surface area contributed by atoms with Crippen molar-refractivity contribution in [2.45, 2.75) is 31.5 Å². The van der Waals surface area contributed by atoms with Crippen molar-refractivity contribution in [1.82, 2.24) is 14.9 Å². The minimum Gasteiger partial charge on any atom is -0.369 e. The Morgan fingerprint density at radius 2 is 1.91 bits per heavy atom. The number of aromatic nitrogens is 2. The third-order valence-corrected chi connectivity index (χ3v) is 6.35. The summed E-state index contributed by atoms with van der Waals surface area (Å²) in [5, 5.41) is 5.63. The molecule has 12 heteroatoms. The molecular weight excluding hydrogens is 454 g/mol. The molecule has 2 atom stereocenters. The van der Waals surface area contributed by atoms with Crippen LogP contribution in [0.15, 0.2) is 24.4 Å². The number of hydrogen-bond acceptors (Lipinski definition) is 7. The van der Waals surface area contributed by atoms with Crippen LogP contribution in [-0.4, -0.2) is 60.0 Å². The molecule has 1 aliphatic heterocycles. The molecule has 2 aliphatic rings. The van der Waals surface area contributed by atoms with Crippen LogP contribution in [0, 0.1) is 11.7 Å². The van der Waals surface area contributed by atoms with Crippen LogP contribution >= 0.6 is 0 Å². The van der Waals surface area contributed by atoms with E-state index < -0.39 is 29.4 Å². The zero-order chi connectivity index (χ0) is 24.5. The van der Waals surface area contributed by atoms with Crippen molar-refractivity contribution in [3.8, 4) is 0 Å². The summed E-state index contributed by atoms with van der Waals surface area (Å²) in [7, 11) is 1.93. The molecule has 1 aliphatic carbocycles. The van der Waals surface area contributed by atoms with Gasteiger partial charge in [-0.3, -0.25) is 4.79 Å². The Bertz CT molecular complexity index is 1040. The number of anilines is 4. The van der Waals surface area contributed by atoms with Gasteiger partial charge in [0.2, 0.25) is 11.9 Å². The van der Waals surface area contributed by atoms with Gasteiger partial charge in [0.1, 0.15) is 0 Å². The molecule has 4 N–H and O–H groups in total. The number of amides is 1. The van der Waals surface area contributed by atoms with Crippen LogP contribution in [0.3, 0.4) is 0 Å². The van der Waals surface area contributed by atoms with E-state index in [0.717, 1.165) is 18.7 Å². The topological polar surface area (TPSA) is 99.4 Å². The molecule has 2 fully saturated rings. The first-order valence-electron chi connectivity index (χ1n) is 11.1. The number of halogens is 4. The van der Waals surface area contributed by atoms with Crippen LogP contribution in [0.2, 0.25) is 0 Å². The van der Waals surface area contributed by atoms with Crippen molar-refractivity contribution in [1.29, 1.82) is 0 Å². The van der Waals surface area contributed by atoms with E-state index in [9.17, 15) is 22.4 Å². The molecule has 1 aromatic carbocycles. The maximum atomic E-state index is 14.3. The number of nitrogens with two attached hydrogens (primary N) is 1. The summed E-state index contributed by atoms with van der Waals surface area (Å²) >= 11 is 0. The van der Waals surface area contributed by atoms with Crippen LogP contribution in [0.5, 0.6) is 0 Å². The molecule has 0 spiro atoms. The van der Waals surface area contributed by atoms with Gasteiger partial charge in [-0.2, -0.15) is 18.2 Å². The summed E-state index contributed by atoms with van der Waals surface area (Å²) in [6.07, 6.45) is -1.63. The van der Waals surface area contributed by atoms with E-state index in [1.54, 1.807) is 4.90 Å². The number of rotatable bonds is 6. The maximum absolute atomic E-state index is 14.3. The van der Waals surface area contributed by atoms with E-state index in [-0.39, 0.29) is 29.2 Å². The fraction of sp³-hybridized carbons (Fsp3) is 0.500. The molecule has 1 aromatic heterocycles. The summed E-state index contributed by atoms with van der Waals surface area (Å²) < 4.78 is 55.9. The van der Waals surface area contributed by atoms with Crippen LogP contribution in [0.4, 0.5) is 40.7 Å². The standard InChI is InChI=1S/C22H27F4N7O/c1-32-7-9-33(10-8-32)18-6-5-13(11-15(18)22(24,25)26)29-21-28-12-16(23)20(31-21)30-17-4-2-3-14(17)19(27)34/h5-6,11-12,14,17H,2-4,7-10H2,1H3,(H2,27,34)(H2,28,29,30,31)/t14-,17+/m0/s1. The number of alkyl halides is 3. The highest BCUT2D eigenvalue weighted by Gasteiger charge is 2.36. The van der Waals surface area contributed by atoms with Crippen LogP contribution in [-0.2, 0) is 11.0 Å². The lowest BCUT2D eigenvalue weighted by molar-refractivity contribution is -0.137.